The van der Waals surface area contributed by atoms with Crippen molar-refractivity contribution in [2.75, 3.05) is 31.1 Å². The van der Waals surface area contributed by atoms with Gasteiger partial charge >= 0.3 is 6.09 Å². The lowest BCUT2D eigenvalue weighted by Gasteiger charge is -2.36. The third-order valence-electron chi connectivity index (χ3n) is 3.99. The number of piperazine rings is 1. The van der Waals surface area contributed by atoms with E-state index >= 15 is 0 Å². The Hall–Kier alpha value is -2.54. The van der Waals surface area contributed by atoms with Crippen LogP contribution in [0.15, 0.2) is 36.6 Å². The second kappa shape index (κ2) is 6.29. The first-order chi connectivity index (χ1) is 11.1. The number of nitrogens with zero attached hydrogens (tertiary/aromatic N) is 2. The zero-order chi connectivity index (χ0) is 16.4. The third-order valence-corrected chi connectivity index (χ3v) is 3.99. The van der Waals surface area contributed by atoms with Gasteiger partial charge in [-0.2, -0.15) is 0 Å². The number of ether oxygens (including phenoxy) is 1. The van der Waals surface area contributed by atoms with Gasteiger partial charge in [-0.15, -0.1) is 0 Å². The van der Waals surface area contributed by atoms with E-state index in [9.17, 15) is 9.18 Å². The average molecular weight is 319 g/mol. The molecule has 3 rings (SSSR count). The monoisotopic (exact) mass is 319 g/mol. The minimum absolute atomic E-state index is 0.333. The summed E-state index contributed by atoms with van der Waals surface area (Å²) in [6, 6.07) is 4.89. The van der Waals surface area contributed by atoms with Crippen molar-refractivity contribution < 1.29 is 19.0 Å². The number of hydrogen-bond donors (Lipinski definition) is 2. The van der Waals surface area contributed by atoms with E-state index in [1.165, 1.54) is 17.2 Å². The maximum Gasteiger partial charge on any atom is 0.407 e. The second-order valence-electron chi connectivity index (χ2n) is 5.42. The molecular formula is C16H18FN3O3. The molecular weight excluding hydrogens is 301 g/mol. The van der Waals surface area contributed by atoms with Crippen molar-refractivity contribution in [2.24, 2.45) is 5.73 Å². The zero-order valence-corrected chi connectivity index (χ0v) is 12.5. The number of anilines is 1. The van der Waals surface area contributed by atoms with E-state index in [0.717, 1.165) is 11.1 Å². The molecule has 2 aliphatic rings. The molecule has 0 spiro atoms. The van der Waals surface area contributed by atoms with E-state index in [4.69, 9.17) is 15.6 Å². The van der Waals surface area contributed by atoms with Crippen LogP contribution in [0.25, 0.3) is 5.57 Å². The Morgan fingerprint density at radius 2 is 2.04 bits per heavy atom. The maximum atomic E-state index is 14.5. The van der Waals surface area contributed by atoms with Crippen molar-refractivity contribution in [1.29, 1.82) is 0 Å². The highest BCUT2D eigenvalue weighted by Gasteiger charge is 2.25. The average Bonchev–Trinajstić information content (AvgIpc) is 2.55. The summed E-state index contributed by atoms with van der Waals surface area (Å²) in [6.07, 6.45) is 3.47. The lowest BCUT2D eigenvalue weighted by molar-refractivity contribution is 0.142. The Labute approximate surface area is 133 Å². The number of nitrogens with two attached hydrogens (primary N) is 1. The molecule has 0 bridgehead atoms. The van der Waals surface area contributed by atoms with Crippen molar-refractivity contribution in [3.63, 3.8) is 0 Å². The van der Waals surface area contributed by atoms with Gasteiger partial charge in [0, 0.05) is 31.7 Å². The molecule has 2 aliphatic heterocycles. The van der Waals surface area contributed by atoms with Gasteiger partial charge in [0.25, 0.3) is 0 Å². The summed E-state index contributed by atoms with van der Waals surface area (Å²) in [4.78, 5) is 14.2. The van der Waals surface area contributed by atoms with Crippen molar-refractivity contribution in [2.45, 2.75) is 6.23 Å². The molecule has 1 atom stereocenters. The number of rotatable bonds is 2. The van der Waals surface area contributed by atoms with Crippen LogP contribution in [-0.4, -0.2) is 48.5 Å². The van der Waals surface area contributed by atoms with Crippen LogP contribution in [-0.2, 0) is 4.74 Å². The number of benzene rings is 1. The van der Waals surface area contributed by atoms with Gasteiger partial charge in [0.15, 0.2) is 6.23 Å². The van der Waals surface area contributed by atoms with E-state index in [1.54, 1.807) is 18.2 Å². The summed E-state index contributed by atoms with van der Waals surface area (Å²) >= 11 is 0. The second-order valence-corrected chi connectivity index (χ2v) is 5.42. The summed E-state index contributed by atoms with van der Waals surface area (Å²) in [5.41, 5.74) is 7.74. The smallest absolute Gasteiger partial charge is 0.407 e. The number of para-hydroxylation sites is 1. The van der Waals surface area contributed by atoms with Gasteiger partial charge in [0.05, 0.1) is 11.9 Å². The molecule has 0 radical (unpaired) electrons. The van der Waals surface area contributed by atoms with Crippen LogP contribution in [0, 0.1) is 5.82 Å². The molecule has 2 heterocycles. The highest BCUT2D eigenvalue weighted by atomic mass is 19.1. The van der Waals surface area contributed by atoms with Crippen molar-refractivity contribution in [3.05, 3.63) is 48.0 Å². The maximum absolute atomic E-state index is 14.5. The Kier molecular flexibility index (Phi) is 4.20. The van der Waals surface area contributed by atoms with Gasteiger partial charge in [-0.05, 0) is 23.8 Å². The van der Waals surface area contributed by atoms with Crippen LogP contribution in [0.3, 0.4) is 0 Å². The van der Waals surface area contributed by atoms with Crippen molar-refractivity contribution in [3.8, 4) is 0 Å². The topological polar surface area (TPSA) is 79.0 Å². The van der Waals surface area contributed by atoms with Crippen LogP contribution in [0.2, 0.25) is 0 Å². The Bertz CT molecular complexity index is 667. The van der Waals surface area contributed by atoms with Crippen LogP contribution in [0.4, 0.5) is 14.9 Å². The summed E-state index contributed by atoms with van der Waals surface area (Å²) in [7, 11) is 0. The highest BCUT2D eigenvalue weighted by Crippen LogP contribution is 2.32. The molecule has 0 aromatic heterocycles. The minimum Gasteiger partial charge on any atom is -0.480 e. The summed E-state index contributed by atoms with van der Waals surface area (Å²) in [6.45, 7) is 1.58. The SMILES string of the molecule is NC1C=C(c2cccc(F)c2N2CCN(C(=O)O)CC2)C=CO1. The fourth-order valence-corrected chi connectivity index (χ4v) is 2.85. The molecule has 0 aliphatic carbocycles. The molecule has 3 N–H and O–H groups in total. The predicted molar refractivity (Wildman–Crippen MR) is 84.4 cm³/mol. The molecule has 1 amide bonds. The lowest BCUT2D eigenvalue weighted by atomic mass is 10.0. The molecule has 1 aromatic rings. The summed E-state index contributed by atoms with van der Waals surface area (Å²) in [5.74, 6) is -0.333. The Morgan fingerprint density at radius 1 is 1.30 bits per heavy atom. The molecule has 1 unspecified atom stereocenters. The number of carboxylic acid groups (broad SMARTS) is 1. The fraction of sp³-hybridized carbons (Fsp3) is 0.312. The molecule has 122 valence electrons. The largest absolute Gasteiger partial charge is 0.480 e. The van der Waals surface area contributed by atoms with Gasteiger partial charge in [-0.1, -0.05) is 12.1 Å². The van der Waals surface area contributed by atoms with Gasteiger partial charge in [-0.3, -0.25) is 5.73 Å². The van der Waals surface area contributed by atoms with Crippen LogP contribution < -0.4 is 10.6 Å². The zero-order valence-electron chi connectivity index (χ0n) is 12.5. The lowest BCUT2D eigenvalue weighted by Crippen LogP contribution is -2.48. The summed E-state index contributed by atoms with van der Waals surface area (Å²) in [5, 5.41) is 9.02. The fourth-order valence-electron chi connectivity index (χ4n) is 2.85. The van der Waals surface area contributed by atoms with E-state index in [1.807, 2.05) is 11.0 Å². The van der Waals surface area contributed by atoms with Crippen molar-refractivity contribution >= 4 is 17.4 Å². The van der Waals surface area contributed by atoms with Crippen LogP contribution >= 0.6 is 0 Å². The number of carbonyl (C=O) groups is 1. The molecule has 1 fully saturated rings. The van der Waals surface area contributed by atoms with Crippen molar-refractivity contribution in [1.82, 2.24) is 4.90 Å². The number of allylic oxidation sites excluding steroid dienone is 2. The molecule has 0 saturated carbocycles. The predicted octanol–water partition coefficient (Wildman–Crippen LogP) is 1.84. The van der Waals surface area contributed by atoms with Gasteiger partial charge < -0.3 is 19.6 Å². The normalized spacial score (nSPS) is 21.0. The van der Waals surface area contributed by atoms with Gasteiger partial charge in [-0.25, -0.2) is 9.18 Å². The van der Waals surface area contributed by atoms with Crippen LogP contribution in [0.5, 0.6) is 0 Å². The first-order valence-electron chi connectivity index (χ1n) is 7.37. The first-order valence-corrected chi connectivity index (χ1v) is 7.37. The Morgan fingerprint density at radius 3 is 2.70 bits per heavy atom. The third kappa shape index (κ3) is 3.14. The molecule has 23 heavy (non-hydrogen) atoms. The molecule has 6 nitrogen and oxygen atoms in total. The first kappa shape index (κ1) is 15.4. The Balaban J connectivity index is 1.91. The standard InChI is InChI=1S/C16H18FN3O3/c17-13-3-1-2-12(11-4-9-23-14(18)10-11)15(13)19-5-7-20(8-6-19)16(21)22/h1-4,9-10,14H,5-8,18H2,(H,21,22). The molecule has 1 saturated heterocycles. The van der Waals surface area contributed by atoms with Crippen LogP contribution in [0.1, 0.15) is 5.56 Å². The number of halogens is 1. The highest BCUT2D eigenvalue weighted by molar-refractivity contribution is 5.83. The number of hydrogen-bond acceptors (Lipinski definition) is 4. The van der Waals surface area contributed by atoms with Gasteiger partial charge in [0.2, 0.25) is 0 Å². The van der Waals surface area contributed by atoms with E-state index < -0.39 is 12.3 Å². The quantitative estimate of drug-likeness (QED) is 0.869. The molecule has 1 aromatic carbocycles. The van der Waals surface area contributed by atoms with E-state index in [0.29, 0.717) is 31.9 Å². The van der Waals surface area contributed by atoms with E-state index in [-0.39, 0.29) is 5.82 Å². The molecule has 7 heteroatoms. The number of amides is 1. The van der Waals surface area contributed by atoms with Gasteiger partial charge in [0.1, 0.15) is 5.82 Å². The summed E-state index contributed by atoms with van der Waals surface area (Å²) < 4.78 is 19.6. The minimum atomic E-state index is -0.945. The van der Waals surface area contributed by atoms with E-state index in [2.05, 4.69) is 0 Å².